The second kappa shape index (κ2) is 18.3. The van der Waals surface area contributed by atoms with E-state index in [-0.39, 0.29) is 25.4 Å². The first-order chi connectivity index (χ1) is 24.3. The quantitative estimate of drug-likeness (QED) is 0.130. The van der Waals surface area contributed by atoms with Crippen LogP contribution in [0.4, 0.5) is 0 Å². The van der Waals surface area contributed by atoms with E-state index in [9.17, 15) is 30.6 Å². The largest absolute Gasteiger partial charge is 0.394 e. The third-order valence-corrected chi connectivity index (χ3v) is 10.5. The lowest BCUT2D eigenvalue weighted by atomic mass is 9.98. The lowest BCUT2D eigenvalue weighted by molar-refractivity contribution is -0.357. The van der Waals surface area contributed by atoms with Crippen LogP contribution in [-0.4, -0.2) is 188 Å². The van der Waals surface area contributed by atoms with Crippen LogP contribution in [0, 0.1) is 0 Å². The predicted octanol–water partition coefficient (Wildman–Crippen LogP) is -1.74. The van der Waals surface area contributed by atoms with Gasteiger partial charge in [-0.15, -0.1) is 0 Å². The van der Waals surface area contributed by atoms with Crippen molar-refractivity contribution in [2.75, 3.05) is 27.9 Å². The number of methoxy groups -OCH3 is 3. The molecule has 5 aliphatic rings. The van der Waals surface area contributed by atoms with E-state index in [2.05, 4.69) is 0 Å². The first-order valence-corrected chi connectivity index (χ1v) is 17.8. The molecule has 5 heterocycles. The van der Waals surface area contributed by atoms with Gasteiger partial charge in [-0.05, 0) is 27.7 Å². The Kier molecular flexibility index (Phi) is 14.9. The van der Waals surface area contributed by atoms with Gasteiger partial charge in [0.1, 0.15) is 48.8 Å². The normalized spacial score (nSPS) is 51.4. The highest BCUT2D eigenvalue weighted by Gasteiger charge is 2.50. The van der Waals surface area contributed by atoms with Crippen molar-refractivity contribution in [3.8, 4) is 0 Å². The Hall–Kier alpha value is -0.720. The van der Waals surface area contributed by atoms with Gasteiger partial charge < -0.3 is 87.5 Å². The summed E-state index contributed by atoms with van der Waals surface area (Å²) in [6.07, 6.45) is -16.5. The summed E-state index contributed by atoms with van der Waals surface area (Å²) >= 11 is 0. The molecule has 298 valence electrons. The number of aliphatic hydroxyl groups is 6. The summed E-state index contributed by atoms with van der Waals surface area (Å²) in [5.74, 6) is 0. The molecular formula is C33H58O18. The van der Waals surface area contributed by atoms with Gasteiger partial charge in [-0.3, -0.25) is 0 Å². The molecule has 0 aromatic heterocycles. The standard InChI is InChI=1S/C33H58O18/c1-13-29(48-24-11-20(42-7)32(16(4)46-24)51-33-28(39)27(38)26(37)21(12-34)47-33)17(35)8-23(44-13)49-31-15(3)45-25(10-19(31)41-6)50-30-14(2)43-22(36)9-18(30)40-5/h13-39H,8-12H2,1-7H3/t13-,14-,15-,16-,17+,18+,19-,20+,21-,22?,23+,24+,25+,26-,27+,28-,29-,30-,31-,32-,33+/m1/s1. The van der Waals surface area contributed by atoms with E-state index in [0.717, 1.165) is 0 Å². The van der Waals surface area contributed by atoms with Crippen molar-refractivity contribution in [1.82, 2.24) is 0 Å². The monoisotopic (exact) mass is 742 g/mol. The van der Waals surface area contributed by atoms with E-state index in [4.69, 9.17) is 56.8 Å². The molecular weight excluding hydrogens is 684 g/mol. The van der Waals surface area contributed by atoms with E-state index < -0.39 is 130 Å². The number of ether oxygens (including phenoxy) is 12. The van der Waals surface area contributed by atoms with Crippen molar-refractivity contribution < 1.29 is 87.5 Å². The number of hydrogen-bond donors (Lipinski definition) is 6. The molecule has 51 heavy (non-hydrogen) atoms. The number of aliphatic hydroxyl groups excluding tert-OH is 6. The molecule has 0 spiro atoms. The van der Waals surface area contributed by atoms with Gasteiger partial charge in [0.2, 0.25) is 0 Å². The van der Waals surface area contributed by atoms with E-state index in [1.54, 1.807) is 28.1 Å². The molecule has 5 saturated heterocycles. The fraction of sp³-hybridized carbons (Fsp3) is 1.00. The van der Waals surface area contributed by atoms with Crippen LogP contribution < -0.4 is 0 Å². The summed E-state index contributed by atoms with van der Waals surface area (Å²) in [6.45, 7) is 6.56. The zero-order valence-electron chi connectivity index (χ0n) is 30.2. The molecule has 21 atom stereocenters. The van der Waals surface area contributed by atoms with Crippen molar-refractivity contribution in [3.05, 3.63) is 0 Å². The summed E-state index contributed by atoms with van der Waals surface area (Å²) in [5, 5.41) is 61.5. The average Bonchev–Trinajstić information content (AvgIpc) is 3.09. The third-order valence-electron chi connectivity index (χ3n) is 10.5. The second-order valence-corrected chi connectivity index (χ2v) is 14.0. The zero-order valence-corrected chi connectivity index (χ0v) is 30.2. The molecule has 6 N–H and O–H groups in total. The van der Waals surface area contributed by atoms with Gasteiger partial charge in [0.05, 0.1) is 55.4 Å². The van der Waals surface area contributed by atoms with E-state index in [0.29, 0.717) is 6.42 Å². The molecule has 0 amide bonds. The summed E-state index contributed by atoms with van der Waals surface area (Å²) in [4.78, 5) is 0. The van der Waals surface area contributed by atoms with Gasteiger partial charge in [0.25, 0.3) is 0 Å². The second-order valence-electron chi connectivity index (χ2n) is 14.0. The summed E-state index contributed by atoms with van der Waals surface area (Å²) in [6, 6.07) is 0. The average molecular weight is 743 g/mol. The fourth-order valence-corrected chi connectivity index (χ4v) is 7.64. The maximum absolute atomic E-state index is 11.2. The van der Waals surface area contributed by atoms with Gasteiger partial charge in [0, 0.05) is 47.0 Å². The van der Waals surface area contributed by atoms with Gasteiger partial charge >= 0.3 is 0 Å². The molecule has 0 saturated carbocycles. The molecule has 5 aliphatic heterocycles. The SMILES string of the molecule is CO[C@H]1CC(O)O[C@H](C)[C@H]1O[C@H]1C[C@@H](OC)[C@H](O[C@H]2C[C@H](O)[C@H](O[C@H]3C[C@H](OC)[C@H](O[C@@H]4O[C@H](CO)[C@@H](O)[C@H](O)[C@H]4O)[C@@H](C)O3)[C@@H](C)O2)[C@@H](C)O1. The molecule has 5 rings (SSSR count). The Bertz CT molecular complexity index is 1050. The van der Waals surface area contributed by atoms with Crippen LogP contribution in [0.5, 0.6) is 0 Å². The van der Waals surface area contributed by atoms with Gasteiger partial charge in [-0.2, -0.15) is 0 Å². The Balaban J connectivity index is 1.13. The van der Waals surface area contributed by atoms with Crippen LogP contribution in [0.1, 0.15) is 53.4 Å². The van der Waals surface area contributed by atoms with E-state index >= 15 is 0 Å². The minimum atomic E-state index is -1.59. The molecule has 1 unspecified atom stereocenters. The molecule has 0 aliphatic carbocycles. The van der Waals surface area contributed by atoms with Crippen LogP contribution >= 0.6 is 0 Å². The summed E-state index contributed by atoms with van der Waals surface area (Å²) in [7, 11) is 4.63. The fourth-order valence-electron chi connectivity index (χ4n) is 7.64. The summed E-state index contributed by atoms with van der Waals surface area (Å²) in [5.41, 5.74) is 0. The Morgan fingerprint density at radius 3 is 1.41 bits per heavy atom. The highest BCUT2D eigenvalue weighted by Crippen LogP contribution is 2.35. The number of hydrogen-bond acceptors (Lipinski definition) is 18. The van der Waals surface area contributed by atoms with Gasteiger partial charge in [-0.25, -0.2) is 0 Å². The predicted molar refractivity (Wildman–Crippen MR) is 170 cm³/mol. The lowest BCUT2D eigenvalue weighted by Gasteiger charge is -2.47. The van der Waals surface area contributed by atoms with Crippen molar-refractivity contribution in [1.29, 1.82) is 0 Å². The molecule has 0 aromatic rings. The van der Waals surface area contributed by atoms with Crippen LogP contribution in [0.25, 0.3) is 0 Å². The van der Waals surface area contributed by atoms with Crippen LogP contribution in [-0.2, 0) is 56.8 Å². The minimum absolute atomic E-state index is 0.0994. The highest BCUT2D eigenvalue weighted by molar-refractivity contribution is 4.93. The Morgan fingerprint density at radius 2 is 0.922 bits per heavy atom. The maximum atomic E-state index is 11.2. The first-order valence-electron chi connectivity index (χ1n) is 17.8. The van der Waals surface area contributed by atoms with Crippen LogP contribution in [0.2, 0.25) is 0 Å². The van der Waals surface area contributed by atoms with Crippen LogP contribution in [0.15, 0.2) is 0 Å². The maximum Gasteiger partial charge on any atom is 0.187 e. The minimum Gasteiger partial charge on any atom is -0.394 e. The van der Waals surface area contributed by atoms with Crippen molar-refractivity contribution in [2.45, 2.75) is 182 Å². The van der Waals surface area contributed by atoms with Crippen molar-refractivity contribution in [3.63, 3.8) is 0 Å². The lowest BCUT2D eigenvalue weighted by Crippen LogP contribution is -2.62. The van der Waals surface area contributed by atoms with E-state index in [1.165, 1.54) is 7.11 Å². The van der Waals surface area contributed by atoms with Crippen molar-refractivity contribution >= 4 is 0 Å². The smallest absolute Gasteiger partial charge is 0.187 e. The van der Waals surface area contributed by atoms with Crippen LogP contribution in [0.3, 0.4) is 0 Å². The first kappa shape index (κ1) is 41.4. The Morgan fingerprint density at radius 1 is 0.490 bits per heavy atom. The molecule has 0 bridgehead atoms. The van der Waals surface area contributed by atoms with Crippen molar-refractivity contribution in [2.24, 2.45) is 0 Å². The third kappa shape index (κ3) is 9.57. The highest BCUT2D eigenvalue weighted by atomic mass is 16.8. The zero-order chi connectivity index (χ0) is 37.1. The number of rotatable bonds is 12. The van der Waals surface area contributed by atoms with E-state index in [1.807, 2.05) is 13.8 Å². The molecule has 18 nitrogen and oxygen atoms in total. The topological polar surface area (TPSA) is 232 Å². The van der Waals surface area contributed by atoms with Gasteiger partial charge in [0.15, 0.2) is 31.5 Å². The molecule has 0 aromatic carbocycles. The summed E-state index contributed by atoms with van der Waals surface area (Å²) < 4.78 is 71.4. The molecule has 18 heteroatoms. The van der Waals surface area contributed by atoms with Gasteiger partial charge in [-0.1, -0.05) is 0 Å². The molecule has 5 fully saturated rings. The molecule has 0 radical (unpaired) electrons. The Labute approximate surface area is 298 Å².